The van der Waals surface area contributed by atoms with Crippen LogP contribution in [0.3, 0.4) is 0 Å². The molecule has 0 aliphatic heterocycles. The zero-order valence-electron chi connectivity index (χ0n) is 15.9. The molecule has 0 unspecified atom stereocenters. The SMILES string of the molecule is Cc1ccc2sc(N(Cc3ccccc3)C(=O)c3ccc(Cl)cc3Cl)nc2c1C. The third-order valence-electron chi connectivity index (χ3n) is 4.89. The quantitative estimate of drug-likeness (QED) is 0.339. The van der Waals surface area contributed by atoms with Gasteiger partial charge in [0.2, 0.25) is 0 Å². The highest BCUT2D eigenvalue weighted by atomic mass is 35.5. The highest BCUT2D eigenvalue weighted by Crippen LogP contribution is 2.34. The van der Waals surface area contributed by atoms with Crippen LogP contribution in [0.2, 0.25) is 10.0 Å². The van der Waals surface area contributed by atoms with Gasteiger partial charge >= 0.3 is 0 Å². The maximum atomic E-state index is 13.5. The molecule has 0 saturated carbocycles. The summed E-state index contributed by atoms with van der Waals surface area (Å²) in [5.74, 6) is -0.205. The Morgan fingerprint density at radius 2 is 1.79 bits per heavy atom. The van der Waals surface area contributed by atoms with E-state index in [2.05, 4.69) is 26.0 Å². The van der Waals surface area contributed by atoms with Crippen molar-refractivity contribution in [1.29, 1.82) is 0 Å². The summed E-state index contributed by atoms with van der Waals surface area (Å²) in [5, 5.41) is 1.47. The lowest BCUT2D eigenvalue weighted by Crippen LogP contribution is -2.30. The largest absolute Gasteiger partial charge is 0.279 e. The van der Waals surface area contributed by atoms with Crippen LogP contribution in [0.15, 0.2) is 60.7 Å². The average molecular weight is 441 g/mol. The molecule has 4 aromatic rings. The second-order valence-electron chi connectivity index (χ2n) is 6.85. The number of thiazole rings is 1. The molecule has 3 aromatic carbocycles. The predicted molar refractivity (Wildman–Crippen MR) is 123 cm³/mol. The molecule has 0 spiro atoms. The number of fused-ring (bicyclic) bond motifs is 1. The van der Waals surface area contributed by atoms with Gasteiger partial charge in [0.1, 0.15) is 0 Å². The van der Waals surface area contributed by atoms with Crippen LogP contribution in [-0.2, 0) is 6.54 Å². The minimum Gasteiger partial charge on any atom is -0.279 e. The number of nitrogens with zero attached hydrogens (tertiary/aromatic N) is 2. The maximum Gasteiger partial charge on any atom is 0.261 e. The number of anilines is 1. The fraction of sp³-hybridized carbons (Fsp3) is 0.130. The Labute approximate surface area is 183 Å². The molecular formula is C23H18Cl2N2OS. The van der Waals surface area contributed by atoms with Crippen molar-refractivity contribution in [3.8, 4) is 0 Å². The molecule has 146 valence electrons. The van der Waals surface area contributed by atoms with E-state index in [0.717, 1.165) is 21.3 Å². The lowest BCUT2D eigenvalue weighted by molar-refractivity contribution is 0.0985. The molecule has 1 aromatic heterocycles. The Morgan fingerprint density at radius 1 is 1.03 bits per heavy atom. The van der Waals surface area contributed by atoms with Gasteiger partial charge in [-0.1, -0.05) is 70.9 Å². The van der Waals surface area contributed by atoms with Crippen molar-refractivity contribution in [2.75, 3.05) is 4.90 Å². The van der Waals surface area contributed by atoms with E-state index in [1.165, 1.54) is 16.9 Å². The number of halogens is 2. The van der Waals surface area contributed by atoms with Gasteiger partial charge in [0, 0.05) is 5.02 Å². The Kier molecular flexibility index (Phi) is 5.59. The van der Waals surface area contributed by atoms with Gasteiger partial charge in [-0.2, -0.15) is 0 Å². The van der Waals surface area contributed by atoms with E-state index in [0.29, 0.717) is 27.3 Å². The van der Waals surface area contributed by atoms with Gasteiger partial charge in [0.25, 0.3) is 5.91 Å². The molecule has 0 aliphatic rings. The van der Waals surface area contributed by atoms with Gasteiger partial charge in [-0.15, -0.1) is 0 Å². The molecule has 3 nitrogen and oxygen atoms in total. The number of benzene rings is 3. The summed E-state index contributed by atoms with van der Waals surface area (Å²) in [4.78, 5) is 20.0. The van der Waals surface area contributed by atoms with E-state index in [4.69, 9.17) is 28.2 Å². The molecule has 0 bridgehead atoms. The average Bonchev–Trinajstić information content (AvgIpc) is 3.14. The van der Waals surface area contributed by atoms with Gasteiger partial charge in [0.15, 0.2) is 5.13 Å². The zero-order chi connectivity index (χ0) is 20.5. The summed E-state index contributed by atoms with van der Waals surface area (Å²) in [6, 6.07) is 18.9. The van der Waals surface area contributed by atoms with Gasteiger partial charge in [-0.3, -0.25) is 9.69 Å². The van der Waals surface area contributed by atoms with Gasteiger partial charge in [-0.25, -0.2) is 4.98 Å². The maximum absolute atomic E-state index is 13.5. The second kappa shape index (κ2) is 8.15. The van der Waals surface area contributed by atoms with Crippen molar-refractivity contribution in [3.05, 3.63) is 93.0 Å². The van der Waals surface area contributed by atoms with Crippen molar-refractivity contribution in [3.63, 3.8) is 0 Å². The monoisotopic (exact) mass is 440 g/mol. The van der Waals surface area contributed by atoms with E-state index in [1.807, 2.05) is 30.3 Å². The summed E-state index contributed by atoms with van der Waals surface area (Å²) in [6.07, 6.45) is 0. The molecule has 0 fully saturated rings. The predicted octanol–water partition coefficient (Wildman–Crippen LogP) is 7.07. The summed E-state index contributed by atoms with van der Waals surface area (Å²) in [6.45, 7) is 4.52. The fourth-order valence-corrected chi connectivity index (χ4v) is 4.64. The second-order valence-corrected chi connectivity index (χ2v) is 8.70. The third-order valence-corrected chi connectivity index (χ3v) is 6.49. The van der Waals surface area contributed by atoms with Crippen LogP contribution < -0.4 is 4.90 Å². The van der Waals surface area contributed by atoms with Crippen LogP contribution in [0.5, 0.6) is 0 Å². The van der Waals surface area contributed by atoms with Crippen LogP contribution >= 0.6 is 34.5 Å². The number of hydrogen-bond acceptors (Lipinski definition) is 3. The number of carbonyl (C=O) groups excluding carboxylic acids is 1. The molecule has 29 heavy (non-hydrogen) atoms. The molecular weight excluding hydrogens is 423 g/mol. The minimum atomic E-state index is -0.205. The number of amides is 1. The highest BCUT2D eigenvalue weighted by Gasteiger charge is 2.24. The Balaban J connectivity index is 1.82. The molecule has 6 heteroatoms. The van der Waals surface area contributed by atoms with Gasteiger partial charge in [-0.05, 0) is 54.8 Å². The minimum absolute atomic E-state index is 0.205. The molecule has 0 N–H and O–H groups in total. The lowest BCUT2D eigenvalue weighted by Gasteiger charge is -2.21. The fourth-order valence-electron chi connectivity index (χ4n) is 3.13. The molecule has 0 saturated heterocycles. The van der Waals surface area contributed by atoms with Crippen LogP contribution in [0, 0.1) is 13.8 Å². The molecule has 0 radical (unpaired) electrons. The topological polar surface area (TPSA) is 33.2 Å². The van der Waals surface area contributed by atoms with Gasteiger partial charge < -0.3 is 0 Å². The van der Waals surface area contributed by atoms with Crippen LogP contribution in [0.25, 0.3) is 10.2 Å². The lowest BCUT2D eigenvalue weighted by atomic mass is 10.1. The van der Waals surface area contributed by atoms with Crippen molar-refractivity contribution in [2.45, 2.75) is 20.4 Å². The van der Waals surface area contributed by atoms with Crippen molar-refractivity contribution in [2.24, 2.45) is 0 Å². The van der Waals surface area contributed by atoms with Crippen molar-refractivity contribution >= 4 is 55.8 Å². The van der Waals surface area contributed by atoms with Crippen LogP contribution in [-0.4, -0.2) is 10.9 Å². The van der Waals surface area contributed by atoms with Gasteiger partial charge in [0.05, 0.1) is 27.3 Å². The molecule has 0 atom stereocenters. The van der Waals surface area contributed by atoms with Crippen LogP contribution in [0.4, 0.5) is 5.13 Å². The Hall–Kier alpha value is -2.40. The standard InChI is InChI=1S/C23H18Cl2N2OS/c1-14-8-11-20-21(15(14)2)26-23(29-20)27(13-16-6-4-3-5-7-16)22(28)18-10-9-17(24)12-19(18)25/h3-12H,13H2,1-2H3. The molecule has 1 amide bonds. The Morgan fingerprint density at radius 3 is 2.52 bits per heavy atom. The van der Waals surface area contributed by atoms with E-state index in [-0.39, 0.29) is 5.91 Å². The van der Waals surface area contributed by atoms with E-state index >= 15 is 0 Å². The van der Waals surface area contributed by atoms with E-state index in [1.54, 1.807) is 23.1 Å². The molecule has 1 heterocycles. The smallest absolute Gasteiger partial charge is 0.261 e. The molecule has 4 rings (SSSR count). The molecule has 0 aliphatic carbocycles. The Bertz CT molecular complexity index is 1200. The summed E-state index contributed by atoms with van der Waals surface area (Å²) in [5.41, 5.74) is 4.65. The summed E-state index contributed by atoms with van der Waals surface area (Å²) < 4.78 is 1.05. The van der Waals surface area contributed by atoms with Crippen LogP contribution in [0.1, 0.15) is 27.0 Å². The number of hydrogen-bond donors (Lipinski definition) is 0. The first-order valence-corrected chi connectivity index (χ1v) is 10.7. The van der Waals surface area contributed by atoms with E-state index in [9.17, 15) is 4.79 Å². The first kappa shape index (κ1) is 19.9. The number of rotatable bonds is 4. The van der Waals surface area contributed by atoms with E-state index < -0.39 is 0 Å². The summed E-state index contributed by atoms with van der Waals surface area (Å²) >= 11 is 13.9. The third kappa shape index (κ3) is 4.01. The van der Waals surface area contributed by atoms with Crippen molar-refractivity contribution < 1.29 is 4.79 Å². The first-order chi connectivity index (χ1) is 13.9. The van der Waals surface area contributed by atoms with Crippen molar-refractivity contribution in [1.82, 2.24) is 4.98 Å². The normalized spacial score (nSPS) is 11.0. The first-order valence-electron chi connectivity index (χ1n) is 9.11. The zero-order valence-corrected chi connectivity index (χ0v) is 18.3. The summed E-state index contributed by atoms with van der Waals surface area (Å²) in [7, 11) is 0. The number of aromatic nitrogens is 1. The highest BCUT2D eigenvalue weighted by molar-refractivity contribution is 7.22. The number of aryl methyl sites for hydroxylation is 2. The number of carbonyl (C=O) groups is 1.